The Morgan fingerprint density at radius 3 is 0.664 bits per heavy atom. The second-order valence-corrected chi connectivity index (χ2v) is 39.7. The van der Waals surface area contributed by atoms with Gasteiger partial charge in [0.05, 0.1) is 44.8 Å². The summed E-state index contributed by atoms with van der Waals surface area (Å²) in [7, 11) is -1.92. The first-order valence-corrected chi connectivity index (χ1v) is 47.7. The van der Waals surface area contributed by atoms with Gasteiger partial charge in [-0.1, -0.05) is 270 Å². The van der Waals surface area contributed by atoms with Crippen LogP contribution in [0, 0.1) is 6.07 Å². The maximum Gasteiger partial charge on any atom is 2.00 e. The Bertz CT molecular complexity index is 6150. The van der Waals surface area contributed by atoms with Crippen LogP contribution < -0.4 is 27.9 Å². The van der Waals surface area contributed by atoms with E-state index in [1.165, 1.54) is 12.8 Å². The van der Waals surface area contributed by atoms with E-state index < -0.39 is 50.7 Å². The van der Waals surface area contributed by atoms with Crippen molar-refractivity contribution in [1.29, 1.82) is 0 Å². The average Bonchev–Trinajstić information content (AvgIpc) is 1.57. The molecule has 15 aromatic rings. The molecular weight excluding hydrogens is 1980 g/mol. The van der Waals surface area contributed by atoms with Gasteiger partial charge < -0.3 is 59.0 Å². The van der Waals surface area contributed by atoms with E-state index in [0.717, 1.165) is 84.8 Å². The largest absolute Gasteiger partial charge is 2.00 e. The van der Waals surface area contributed by atoms with Gasteiger partial charge >= 0.3 is 51.3 Å². The molecule has 0 saturated carbocycles. The average molecular weight is 2090 g/mol. The molecule has 0 spiro atoms. The van der Waals surface area contributed by atoms with Crippen molar-refractivity contribution < 1.29 is 59.0 Å². The van der Waals surface area contributed by atoms with Crippen molar-refractivity contribution in [2.75, 3.05) is 13.2 Å². The fourth-order valence-electron chi connectivity index (χ4n) is 14.1. The molecule has 5 aliphatic heterocycles. The van der Waals surface area contributed by atoms with Gasteiger partial charge in [0.2, 0.25) is 10.6 Å². The van der Waals surface area contributed by atoms with E-state index in [1.54, 1.807) is 6.07 Å². The molecule has 4 aromatic heterocycles. The summed E-state index contributed by atoms with van der Waals surface area (Å²) in [5, 5.41) is 3.47. The van der Waals surface area contributed by atoms with Crippen LogP contribution in [0.25, 0.3) is 114 Å². The van der Waals surface area contributed by atoms with Crippen LogP contribution >= 0.6 is 81.2 Å². The molecule has 11 aromatic carbocycles. The molecule has 0 amide bonds. The SMILES string of the molecule is C1CCOC1.CC1(C)OB(B2OC(C)(C)C(C)(C)O2)OC1(C)C.CC1(C)OB(c2cccc(-c3nc(-c4ccccc4)nc(-c4cccc(B5OC(C)(C)C(C)(C)O5)c4)n3)c2)OC1(C)C.Clc1c[c-]ccc1.Clc1cccc(-c2nc(-c3ccccc3)nc(-c3cccc(Cl)c3)n2)c1.Clc1cccc(-c2nc(-c3ccccc3)nc(-c3cccc(Cl)c3)n2)c1.Clc1nc(Cl)nc(-c2ccccc2)n1.[Br-].[Mg+2]. The van der Waals surface area contributed by atoms with Crippen LogP contribution in [0.5, 0.6) is 0 Å². The zero-order chi connectivity index (χ0) is 98.4. The van der Waals surface area contributed by atoms with Crippen LogP contribution in [-0.2, 0) is 42.0 Å². The van der Waals surface area contributed by atoms with E-state index >= 15 is 0 Å². The van der Waals surface area contributed by atoms with Gasteiger partial charge in [0.25, 0.3) is 0 Å². The smallest absolute Gasteiger partial charge is 1.00 e. The van der Waals surface area contributed by atoms with Crippen molar-refractivity contribution in [1.82, 2.24) is 59.8 Å². The molecule has 9 heterocycles. The van der Waals surface area contributed by atoms with Gasteiger partial charge in [-0.05, 0) is 206 Å². The number of aromatic nitrogens is 12. The van der Waals surface area contributed by atoms with Crippen LogP contribution in [0.15, 0.2) is 291 Å². The summed E-state index contributed by atoms with van der Waals surface area (Å²) < 4.78 is 54.1. The number of rotatable bonds is 13. The summed E-state index contributed by atoms with van der Waals surface area (Å²) in [5.74, 6) is 5.68. The van der Waals surface area contributed by atoms with Crippen LogP contribution in [0.4, 0.5) is 0 Å². The van der Waals surface area contributed by atoms with Crippen molar-refractivity contribution in [3.8, 4) is 114 Å². The zero-order valence-electron chi connectivity index (χ0n) is 80.6. The molecule has 21 nitrogen and oxygen atoms in total. The molecule has 0 radical (unpaired) electrons. The predicted octanol–water partition coefficient (Wildman–Crippen LogP) is 22.5. The van der Waals surface area contributed by atoms with Crippen LogP contribution in [0.3, 0.4) is 0 Å². The minimum atomic E-state index is -0.485. The zero-order valence-corrected chi connectivity index (χ0v) is 88.9. The predicted molar refractivity (Wildman–Crippen MR) is 563 cm³/mol. The summed E-state index contributed by atoms with van der Waals surface area (Å²) >= 11 is 41.4. The Labute approximate surface area is 883 Å². The maximum atomic E-state index is 6.32. The van der Waals surface area contributed by atoms with Crippen molar-refractivity contribution in [3.05, 3.63) is 333 Å². The molecule has 0 N–H and O–H groups in total. The second-order valence-electron chi connectivity index (χ2n) is 36.8. The molecule has 5 fully saturated rings. The number of benzene rings is 11. The molecule has 5 saturated heterocycles. The standard InChI is InChI=1S/C33H37B2N3O4.2C21H13Cl2N3.C12H24B2O4.C9H5Cl2N3.C6H4Cl.C4H8O.BrH.Mg/c1-30(2)31(3,4)40-34(39-30)25-18-12-16-23(20-25)28-36-27(22-14-10-9-11-15-22)37-29(38-28)24-17-13-19-26(21-24)35-41-32(5,6)33(7,8)42-35;2*22-17-10-4-8-15(12-17)20-24-19(14-6-2-1-3-7-14)25-21(26-20)16-9-5-11-18(23)13-16;1-9(2)10(3,4)16-13(15-9)14-17-11(5,6)12(7,8)18-14;10-8-12-7(13-9(11)14-8)6-4-2-1-3-5-6;7-6-4-2-1-3-5-6;1-2-4-5-3-1;;/h9-21H,1-8H3;2*1-13H;1-8H3;1-5H;1-2,4-5H;1-4H2;1H;/q;;;;;-1;;;+2/p-1. The third-order valence-electron chi connectivity index (χ3n) is 24.5. The summed E-state index contributed by atoms with van der Waals surface area (Å²) in [5.41, 5.74) is 7.30. The fraction of sp³-hybridized carbons (Fsp3) is 0.264. The molecule has 0 aliphatic carbocycles. The Balaban J connectivity index is 0.000000157. The van der Waals surface area contributed by atoms with E-state index in [4.69, 9.17) is 138 Å². The number of hydrogen-bond acceptors (Lipinski definition) is 21. The van der Waals surface area contributed by atoms with Gasteiger partial charge in [-0.3, -0.25) is 0 Å². The number of hydrogen-bond donors (Lipinski definition) is 0. The molecule has 5 aliphatic rings. The van der Waals surface area contributed by atoms with Gasteiger partial charge in [-0.25, -0.2) is 44.9 Å². The maximum absolute atomic E-state index is 6.32. The summed E-state index contributed by atoms with van der Waals surface area (Å²) in [6.45, 7) is 34.6. The van der Waals surface area contributed by atoms with Crippen molar-refractivity contribution in [3.63, 3.8) is 0 Å². The van der Waals surface area contributed by atoms with E-state index in [0.29, 0.717) is 78.3 Å². The molecule has 0 unspecified atom stereocenters. The van der Waals surface area contributed by atoms with Gasteiger partial charge in [-0.2, -0.15) is 56.9 Å². The van der Waals surface area contributed by atoms with E-state index in [9.17, 15) is 0 Å². The first-order valence-electron chi connectivity index (χ1n) is 45.1. The monoisotopic (exact) mass is 2080 g/mol. The molecule has 140 heavy (non-hydrogen) atoms. The number of halogens is 8. The minimum absolute atomic E-state index is 0. The van der Waals surface area contributed by atoms with Crippen molar-refractivity contribution >= 4 is 143 Å². The fourth-order valence-corrected chi connectivity index (χ4v) is 15.4. The van der Waals surface area contributed by atoms with Gasteiger partial charge in [0.15, 0.2) is 58.2 Å². The van der Waals surface area contributed by atoms with Crippen LogP contribution in [0.2, 0.25) is 35.7 Å². The number of nitrogens with zero attached hydrogens (tertiary/aromatic N) is 12. The van der Waals surface area contributed by atoms with Gasteiger partial charge in [0, 0.05) is 88.9 Å². The van der Waals surface area contributed by atoms with Gasteiger partial charge in [0.1, 0.15) is 0 Å². The van der Waals surface area contributed by atoms with Crippen molar-refractivity contribution in [2.45, 2.75) is 168 Å². The molecule has 0 atom stereocenters. The topological polar surface area (TPSA) is 238 Å². The Kier molecular flexibility index (Phi) is 37.4. The molecule has 0 bridgehead atoms. The van der Waals surface area contributed by atoms with Crippen LogP contribution in [0.1, 0.15) is 124 Å². The molecule has 20 rings (SSSR count). The van der Waals surface area contributed by atoms with Crippen molar-refractivity contribution in [2.24, 2.45) is 0 Å². The first-order chi connectivity index (χ1) is 65.6. The summed E-state index contributed by atoms with van der Waals surface area (Å²) in [6.07, 6.45) is 2.56. The van der Waals surface area contributed by atoms with E-state index in [-0.39, 0.29) is 73.0 Å². The second kappa shape index (κ2) is 47.9. The summed E-state index contributed by atoms with van der Waals surface area (Å²) in [4.78, 5) is 54.3. The van der Waals surface area contributed by atoms with Gasteiger partial charge in [-0.15, -0.1) is 0 Å². The molecule has 712 valence electrons. The van der Waals surface area contributed by atoms with Crippen LogP contribution in [-0.4, -0.2) is 169 Å². The molecule has 34 heteroatoms. The minimum Gasteiger partial charge on any atom is -1.00 e. The van der Waals surface area contributed by atoms with E-state index in [1.807, 2.05) is 341 Å². The summed E-state index contributed by atoms with van der Waals surface area (Å²) in [6, 6.07) is 95.0. The molecular formula is C106H104B4BrCl7MgN12O9. The van der Waals surface area contributed by atoms with E-state index in [2.05, 4.69) is 106 Å². The Morgan fingerprint density at radius 2 is 0.450 bits per heavy atom. The Morgan fingerprint density at radius 1 is 0.236 bits per heavy atom. The third kappa shape index (κ3) is 28.4. The quantitative estimate of drug-likeness (QED) is 0.0770. The first kappa shape index (κ1) is 109. The normalized spacial score (nSPS) is 16.4. The Hall–Kier alpha value is -9.36. The number of ether oxygens (including phenoxy) is 1. The third-order valence-corrected chi connectivity index (χ3v) is 26.1.